The van der Waals surface area contributed by atoms with E-state index in [4.69, 9.17) is 23.2 Å². The summed E-state index contributed by atoms with van der Waals surface area (Å²) < 4.78 is 0. The normalized spacial score (nSPS) is 10.7. The molecule has 29 heavy (non-hydrogen) atoms. The number of H-pyrrole nitrogens is 1. The minimum atomic E-state index is -0.440. The third kappa shape index (κ3) is 4.93. The van der Waals surface area contributed by atoms with E-state index in [1.807, 2.05) is 0 Å². The monoisotopic (exact) mass is 432 g/mol. The number of para-hydroxylation sites is 1. The first-order valence-corrected chi connectivity index (χ1v) is 9.63. The van der Waals surface area contributed by atoms with Crippen LogP contribution in [0.3, 0.4) is 0 Å². The summed E-state index contributed by atoms with van der Waals surface area (Å²) in [6.45, 7) is 2.11. The first-order chi connectivity index (χ1) is 13.9. The zero-order valence-electron chi connectivity index (χ0n) is 15.5. The average Bonchev–Trinajstić information content (AvgIpc) is 2.72. The number of hydrogen-bond donors (Lipinski definition) is 2. The van der Waals surface area contributed by atoms with Gasteiger partial charge in [-0.15, -0.1) is 0 Å². The van der Waals surface area contributed by atoms with Gasteiger partial charge in [-0.2, -0.15) is 0 Å². The summed E-state index contributed by atoms with van der Waals surface area (Å²) in [6, 6.07) is 11.5. The van der Waals surface area contributed by atoms with Crippen molar-refractivity contribution in [1.29, 1.82) is 0 Å². The number of fused-ring (bicyclic) bond motifs is 1. The number of benzene rings is 2. The summed E-state index contributed by atoms with van der Waals surface area (Å²) >= 11 is 11.8. The van der Waals surface area contributed by atoms with Crippen LogP contribution in [0.1, 0.15) is 23.1 Å². The lowest BCUT2D eigenvalue weighted by atomic mass is 10.2. The van der Waals surface area contributed by atoms with Gasteiger partial charge in [0, 0.05) is 12.1 Å². The van der Waals surface area contributed by atoms with Crippen molar-refractivity contribution in [3.05, 3.63) is 74.3 Å². The fourth-order valence-corrected chi connectivity index (χ4v) is 3.07. The smallest absolute Gasteiger partial charge is 0.258 e. The molecule has 0 fully saturated rings. The van der Waals surface area contributed by atoms with Gasteiger partial charge in [0.05, 0.1) is 34.0 Å². The van der Waals surface area contributed by atoms with E-state index in [2.05, 4.69) is 15.3 Å². The van der Waals surface area contributed by atoms with Crippen LogP contribution < -0.4 is 10.9 Å². The molecule has 0 atom stereocenters. The van der Waals surface area contributed by atoms with Crippen molar-refractivity contribution >= 4 is 45.9 Å². The largest absolute Gasteiger partial charge is 0.343 e. The summed E-state index contributed by atoms with van der Waals surface area (Å²) in [5.74, 6) is -0.373. The van der Waals surface area contributed by atoms with Crippen LogP contribution in [0.15, 0.2) is 47.3 Å². The molecule has 0 spiro atoms. The van der Waals surface area contributed by atoms with Crippen LogP contribution in [0.4, 0.5) is 0 Å². The molecular formula is C20H18Cl2N4O3. The molecule has 0 aliphatic carbocycles. The highest BCUT2D eigenvalue weighted by Crippen LogP contribution is 2.22. The predicted molar refractivity (Wildman–Crippen MR) is 112 cm³/mol. The number of rotatable bonds is 6. The van der Waals surface area contributed by atoms with Crippen LogP contribution in [0, 0.1) is 0 Å². The van der Waals surface area contributed by atoms with Gasteiger partial charge in [-0.1, -0.05) is 35.3 Å². The van der Waals surface area contributed by atoms with Gasteiger partial charge < -0.3 is 15.2 Å². The molecule has 0 unspecified atom stereocenters. The molecule has 9 heteroatoms. The third-order valence-electron chi connectivity index (χ3n) is 4.32. The Bertz CT molecular complexity index is 1130. The minimum absolute atomic E-state index is 0.123. The van der Waals surface area contributed by atoms with Crippen LogP contribution >= 0.6 is 23.2 Å². The van der Waals surface area contributed by atoms with E-state index in [0.29, 0.717) is 33.9 Å². The number of halogens is 2. The lowest BCUT2D eigenvalue weighted by molar-refractivity contribution is -0.130. The van der Waals surface area contributed by atoms with Gasteiger partial charge in [-0.05, 0) is 37.3 Å². The Hall–Kier alpha value is -2.90. The standard InChI is InChI=1S/C20H18Cl2N4O3/c1-2-26(11-17-24-16-6-4-3-5-13(16)20(29)25-17)18(27)10-23-19(28)12-7-8-14(21)15(22)9-12/h3-9H,2,10-11H2,1H3,(H,23,28)(H,24,25,29). The number of amides is 2. The van der Waals surface area contributed by atoms with Crippen molar-refractivity contribution in [2.45, 2.75) is 13.5 Å². The van der Waals surface area contributed by atoms with Gasteiger partial charge in [0.1, 0.15) is 5.82 Å². The van der Waals surface area contributed by atoms with E-state index in [1.54, 1.807) is 31.2 Å². The number of nitrogens with zero attached hydrogens (tertiary/aromatic N) is 2. The van der Waals surface area contributed by atoms with Crippen LogP contribution in [-0.2, 0) is 11.3 Å². The van der Waals surface area contributed by atoms with E-state index in [0.717, 1.165) is 0 Å². The molecule has 2 aromatic carbocycles. The Labute approximate surface area is 176 Å². The highest BCUT2D eigenvalue weighted by atomic mass is 35.5. The third-order valence-corrected chi connectivity index (χ3v) is 5.06. The second kappa shape index (κ2) is 9.07. The van der Waals surface area contributed by atoms with E-state index in [-0.39, 0.29) is 29.6 Å². The molecule has 3 aromatic rings. The molecule has 1 aromatic heterocycles. The maximum absolute atomic E-state index is 12.5. The maximum Gasteiger partial charge on any atom is 0.258 e. The first kappa shape index (κ1) is 20.8. The Morgan fingerprint density at radius 1 is 1.14 bits per heavy atom. The molecule has 0 radical (unpaired) electrons. The van der Waals surface area contributed by atoms with Crippen molar-refractivity contribution < 1.29 is 9.59 Å². The van der Waals surface area contributed by atoms with E-state index < -0.39 is 5.91 Å². The van der Waals surface area contributed by atoms with E-state index in [1.165, 1.54) is 23.1 Å². The van der Waals surface area contributed by atoms with Crippen LogP contribution in [0.5, 0.6) is 0 Å². The molecule has 1 heterocycles. The molecule has 2 N–H and O–H groups in total. The quantitative estimate of drug-likeness (QED) is 0.625. The molecular weight excluding hydrogens is 415 g/mol. The van der Waals surface area contributed by atoms with Gasteiger partial charge in [0.15, 0.2) is 0 Å². The number of nitrogens with one attached hydrogen (secondary N) is 2. The maximum atomic E-state index is 12.5. The molecule has 0 aliphatic heterocycles. The van der Waals surface area contributed by atoms with Crippen LogP contribution in [-0.4, -0.2) is 39.8 Å². The lowest BCUT2D eigenvalue weighted by Crippen LogP contribution is -2.40. The Morgan fingerprint density at radius 3 is 2.62 bits per heavy atom. The highest BCUT2D eigenvalue weighted by Gasteiger charge is 2.16. The number of carbonyl (C=O) groups is 2. The number of hydrogen-bond acceptors (Lipinski definition) is 4. The molecule has 2 amide bonds. The summed E-state index contributed by atoms with van der Waals surface area (Å²) in [7, 11) is 0. The number of aromatic nitrogens is 2. The van der Waals surface area contributed by atoms with Gasteiger partial charge in [0.2, 0.25) is 5.91 Å². The fraction of sp³-hybridized carbons (Fsp3) is 0.200. The predicted octanol–water partition coefficient (Wildman–Crippen LogP) is 3.01. The summed E-state index contributed by atoms with van der Waals surface area (Å²) in [5, 5.41) is 3.65. The Kier molecular flexibility index (Phi) is 6.51. The van der Waals surface area contributed by atoms with Gasteiger partial charge in [-0.3, -0.25) is 14.4 Å². The highest BCUT2D eigenvalue weighted by molar-refractivity contribution is 6.42. The number of carbonyl (C=O) groups excluding carboxylic acids is 2. The van der Waals surface area contributed by atoms with E-state index in [9.17, 15) is 14.4 Å². The average molecular weight is 433 g/mol. The molecule has 0 saturated carbocycles. The fourth-order valence-electron chi connectivity index (χ4n) is 2.77. The second-order valence-electron chi connectivity index (χ2n) is 6.25. The zero-order valence-corrected chi connectivity index (χ0v) is 17.0. The summed E-state index contributed by atoms with van der Waals surface area (Å²) in [5.41, 5.74) is 0.598. The van der Waals surface area contributed by atoms with Crippen molar-refractivity contribution in [3.8, 4) is 0 Å². The van der Waals surface area contributed by atoms with E-state index >= 15 is 0 Å². The number of likely N-dealkylation sites (N-methyl/N-ethyl adjacent to an activating group) is 1. The first-order valence-electron chi connectivity index (χ1n) is 8.88. The van der Waals surface area contributed by atoms with Crippen molar-refractivity contribution in [2.75, 3.05) is 13.1 Å². The SMILES string of the molecule is CCN(Cc1nc2ccccc2c(=O)[nH]1)C(=O)CNC(=O)c1ccc(Cl)c(Cl)c1. The van der Waals surface area contributed by atoms with Crippen molar-refractivity contribution in [2.24, 2.45) is 0 Å². The molecule has 0 saturated heterocycles. The molecule has 7 nitrogen and oxygen atoms in total. The second-order valence-corrected chi connectivity index (χ2v) is 7.06. The Morgan fingerprint density at radius 2 is 1.90 bits per heavy atom. The van der Waals surface area contributed by atoms with Crippen LogP contribution in [0.25, 0.3) is 10.9 Å². The van der Waals surface area contributed by atoms with Gasteiger partial charge in [-0.25, -0.2) is 4.98 Å². The number of aromatic amines is 1. The zero-order chi connectivity index (χ0) is 21.0. The summed E-state index contributed by atoms with van der Waals surface area (Å²) in [4.78, 5) is 45.5. The Balaban J connectivity index is 1.67. The van der Waals surface area contributed by atoms with Crippen LogP contribution in [0.2, 0.25) is 10.0 Å². The summed E-state index contributed by atoms with van der Waals surface area (Å²) in [6.07, 6.45) is 0. The van der Waals surface area contributed by atoms with Crippen molar-refractivity contribution in [1.82, 2.24) is 20.2 Å². The molecule has 150 valence electrons. The molecule has 3 rings (SSSR count). The van der Waals surface area contributed by atoms with Gasteiger partial charge in [0.25, 0.3) is 11.5 Å². The lowest BCUT2D eigenvalue weighted by Gasteiger charge is -2.20. The minimum Gasteiger partial charge on any atom is -0.343 e. The molecule has 0 bridgehead atoms. The van der Waals surface area contributed by atoms with Gasteiger partial charge >= 0.3 is 0 Å². The van der Waals surface area contributed by atoms with Crippen molar-refractivity contribution in [3.63, 3.8) is 0 Å². The topological polar surface area (TPSA) is 95.2 Å². The molecule has 0 aliphatic rings.